The van der Waals surface area contributed by atoms with Crippen molar-refractivity contribution in [3.8, 4) is 0 Å². The molecular formula is C32H42BrN5O5S. The lowest BCUT2D eigenvalue weighted by Crippen LogP contribution is -2.55. The Morgan fingerprint density at radius 2 is 1.95 bits per heavy atom. The zero-order valence-corrected chi connectivity index (χ0v) is 27.5. The number of aliphatic hydroxyl groups is 1. The van der Waals surface area contributed by atoms with Crippen molar-refractivity contribution in [3.63, 3.8) is 0 Å². The number of carbonyl (C=O) groups excluding carboxylic acids is 3. The maximum absolute atomic E-state index is 14.7. The molecule has 1 aromatic heterocycles. The molecule has 10 nitrogen and oxygen atoms in total. The first-order valence-corrected chi connectivity index (χ1v) is 17.4. The van der Waals surface area contributed by atoms with E-state index < -0.39 is 22.6 Å². The van der Waals surface area contributed by atoms with E-state index in [1.807, 2.05) is 30.3 Å². The number of thioether (sulfide) groups is 1. The lowest BCUT2D eigenvalue weighted by Gasteiger charge is -2.37. The number of ether oxygens (including phenoxy) is 1. The molecule has 5 rings (SSSR count). The van der Waals surface area contributed by atoms with Gasteiger partial charge < -0.3 is 19.6 Å². The van der Waals surface area contributed by atoms with Gasteiger partial charge in [-0.1, -0.05) is 58.3 Å². The molecule has 1 spiro atoms. The van der Waals surface area contributed by atoms with Crippen LogP contribution in [0.1, 0.15) is 51.4 Å². The van der Waals surface area contributed by atoms with Gasteiger partial charge >= 0.3 is 5.97 Å². The van der Waals surface area contributed by atoms with E-state index in [4.69, 9.17) is 4.74 Å². The Morgan fingerprint density at radius 1 is 1.16 bits per heavy atom. The summed E-state index contributed by atoms with van der Waals surface area (Å²) in [6.45, 7) is 8.91. The molecule has 1 aromatic carbocycles. The number of hydrogen-bond acceptors (Lipinski definition) is 8. The Labute approximate surface area is 271 Å². The summed E-state index contributed by atoms with van der Waals surface area (Å²) in [6, 6.07) is 6.84. The zero-order valence-electron chi connectivity index (χ0n) is 25.1. The van der Waals surface area contributed by atoms with Gasteiger partial charge in [0.25, 0.3) is 0 Å². The highest BCUT2D eigenvalue weighted by atomic mass is 79.9. The number of alkyl halides is 1. The average Bonchev–Trinajstić information content (AvgIpc) is 3.73. The number of halogens is 1. The molecule has 3 unspecified atom stereocenters. The summed E-state index contributed by atoms with van der Waals surface area (Å²) in [5, 5.41) is 17.6. The van der Waals surface area contributed by atoms with Gasteiger partial charge in [-0.15, -0.1) is 30.0 Å². The topological polar surface area (TPSA) is 118 Å². The fourth-order valence-corrected chi connectivity index (χ4v) is 10.7. The minimum atomic E-state index is -0.755. The van der Waals surface area contributed by atoms with Gasteiger partial charge in [0, 0.05) is 29.8 Å². The van der Waals surface area contributed by atoms with Crippen molar-refractivity contribution >= 4 is 56.5 Å². The van der Waals surface area contributed by atoms with Crippen molar-refractivity contribution < 1.29 is 24.2 Å². The summed E-state index contributed by atoms with van der Waals surface area (Å²) in [5.74, 6) is -1.92. The number of esters is 1. The molecule has 238 valence electrons. The number of aromatic nitrogens is 3. The molecule has 1 N–H and O–H groups in total. The number of nitrogens with zero attached hydrogens (tertiary/aromatic N) is 5. The van der Waals surface area contributed by atoms with Crippen molar-refractivity contribution in [2.75, 3.05) is 26.3 Å². The first-order chi connectivity index (χ1) is 21.4. The fourth-order valence-electron chi connectivity index (χ4n) is 7.06. The zero-order chi connectivity index (χ0) is 31.3. The van der Waals surface area contributed by atoms with E-state index in [0.717, 1.165) is 43.1 Å². The third-order valence-corrected chi connectivity index (χ3v) is 12.3. The van der Waals surface area contributed by atoms with Crippen molar-refractivity contribution in [1.29, 1.82) is 0 Å². The van der Waals surface area contributed by atoms with Gasteiger partial charge in [0.1, 0.15) is 18.2 Å². The molecule has 12 heteroatoms. The highest BCUT2D eigenvalue weighted by molar-refractivity contribution is 9.09. The van der Waals surface area contributed by atoms with E-state index in [-0.39, 0.29) is 47.7 Å². The minimum absolute atomic E-state index is 0.0261. The van der Waals surface area contributed by atoms with Crippen LogP contribution in [0.4, 0.5) is 0 Å². The number of allylic oxidation sites excluding steroid dienone is 1. The van der Waals surface area contributed by atoms with E-state index in [9.17, 15) is 19.5 Å². The summed E-state index contributed by atoms with van der Waals surface area (Å²) < 4.78 is 6.69. The first-order valence-electron chi connectivity index (χ1n) is 15.6. The summed E-state index contributed by atoms with van der Waals surface area (Å²) >= 11 is 5.44. The Hall–Kier alpha value is -2.70. The molecule has 6 atom stereocenters. The second kappa shape index (κ2) is 14.6. The van der Waals surface area contributed by atoms with Crippen LogP contribution in [0, 0.1) is 11.8 Å². The van der Waals surface area contributed by atoms with Gasteiger partial charge in [-0.25, -0.2) is 4.68 Å². The molecule has 2 aromatic rings. The van der Waals surface area contributed by atoms with E-state index in [2.05, 4.69) is 39.4 Å². The number of hydrogen-bond donors (Lipinski definition) is 1. The Bertz CT molecular complexity index is 1370. The molecule has 0 saturated carbocycles. The predicted molar refractivity (Wildman–Crippen MR) is 174 cm³/mol. The fraction of sp³-hybridized carbons (Fsp3) is 0.594. The van der Waals surface area contributed by atoms with Gasteiger partial charge in [0.05, 0.1) is 28.7 Å². The first kappa shape index (κ1) is 32.7. The van der Waals surface area contributed by atoms with Gasteiger partial charge in [0.2, 0.25) is 11.8 Å². The molecule has 0 aliphatic carbocycles. The number of rotatable bonds is 17. The minimum Gasteiger partial charge on any atom is -0.465 e. The standard InChI is InChI=1S/C32H42BrN5O5S/c1-3-5-6-13-19-43-31(42)25-26-29(40)37(17-11-7-8-12-18-39)28(32(26)20-22(33)27(25)44-32)30(41)36(16-4-2)21-38-24-15-10-9-14-23(24)34-35-38/h3-4,9-10,14-15,22,25-28,39H,1-2,5-8,11-13,16-21H2/t22?,25-,26+,27-,28?,32?/m1/s1. The second-order valence-electron chi connectivity index (χ2n) is 11.9. The smallest absolute Gasteiger partial charge is 0.310 e. The van der Waals surface area contributed by atoms with Crippen LogP contribution in [0.25, 0.3) is 11.0 Å². The van der Waals surface area contributed by atoms with E-state index in [1.165, 1.54) is 0 Å². The van der Waals surface area contributed by atoms with Crippen molar-refractivity contribution in [1.82, 2.24) is 24.8 Å². The summed E-state index contributed by atoms with van der Waals surface area (Å²) in [4.78, 5) is 46.0. The van der Waals surface area contributed by atoms with E-state index >= 15 is 0 Å². The molecule has 2 bridgehead atoms. The SMILES string of the molecule is C=CCCCCOC(=O)[C@H]1[C@@H]2SC3(CC2Br)C(C(=O)N(CC=C)Cn2nnc4ccccc42)N(CCCCCCO)C(=O)[C@H]13. The number of benzene rings is 1. The summed E-state index contributed by atoms with van der Waals surface area (Å²) in [7, 11) is 0. The molecule has 4 heterocycles. The van der Waals surface area contributed by atoms with Crippen LogP contribution in [0.5, 0.6) is 0 Å². The van der Waals surface area contributed by atoms with Gasteiger partial charge in [-0.3, -0.25) is 14.4 Å². The number of para-hydroxylation sites is 1. The van der Waals surface area contributed by atoms with Crippen LogP contribution in [0.2, 0.25) is 0 Å². The van der Waals surface area contributed by atoms with Crippen molar-refractivity contribution in [2.45, 2.75) is 78.9 Å². The van der Waals surface area contributed by atoms with E-state index in [1.54, 1.807) is 32.3 Å². The molecule has 3 aliphatic rings. The highest BCUT2D eigenvalue weighted by Crippen LogP contribution is 2.68. The van der Waals surface area contributed by atoms with Gasteiger partial charge in [0.15, 0.2) is 0 Å². The molecule has 44 heavy (non-hydrogen) atoms. The number of likely N-dealkylation sites (tertiary alicyclic amines) is 1. The third kappa shape index (κ3) is 6.22. The number of fused-ring (bicyclic) bond motifs is 2. The van der Waals surface area contributed by atoms with Crippen LogP contribution in [-0.4, -0.2) is 94.9 Å². The van der Waals surface area contributed by atoms with Crippen LogP contribution in [0.15, 0.2) is 49.6 Å². The Kier molecular flexibility index (Phi) is 10.8. The lowest BCUT2D eigenvalue weighted by atomic mass is 9.71. The largest absolute Gasteiger partial charge is 0.465 e. The van der Waals surface area contributed by atoms with E-state index in [0.29, 0.717) is 32.4 Å². The maximum Gasteiger partial charge on any atom is 0.310 e. The van der Waals surface area contributed by atoms with Crippen LogP contribution in [-0.2, 0) is 25.8 Å². The number of carbonyl (C=O) groups is 3. The van der Waals surface area contributed by atoms with Gasteiger partial charge in [-0.05, 0) is 50.7 Å². The van der Waals surface area contributed by atoms with Crippen molar-refractivity contribution in [3.05, 3.63) is 49.6 Å². The normalized spacial score (nSPS) is 27.1. The summed E-state index contributed by atoms with van der Waals surface area (Å²) in [6.07, 6.45) is 9.69. The maximum atomic E-state index is 14.7. The lowest BCUT2D eigenvalue weighted by molar-refractivity contribution is -0.154. The average molecular weight is 689 g/mol. The van der Waals surface area contributed by atoms with Crippen LogP contribution >= 0.6 is 27.7 Å². The molecule has 3 fully saturated rings. The Morgan fingerprint density at radius 3 is 2.73 bits per heavy atom. The number of unbranched alkanes of at least 4 members (excludes halogenated alkanes) is 5. The molecule has 3 aliphatic heterocycles. The second-order valence-corrected chi connectivity index (χ2v) is 14.6. The Balaban J connectivity index is 1.44. The van der Waals surface area contributed by atoms with Crippen LogP contribution < -0.4 is 0 Å². The summed E-state index contributed by atoms with van der Waals surface area (Å²) in [5.41, 5.74) is 1.54. The molecule has 3 saturated heterocycles. The molecule has 2 amide bonds. The molecule has 0 radical (unpaired) electrons. The third-order valence-electron chi connectivity index (χ3n) is 9.04. The molecular weight excluding hydrogens is 646 g/mol. The number of amides is 2. The predicted octanol–water partition coefficient (Wildman–Crippen LogP) is 4.32. The van der Waals surface area contributed by atoms with Crippen molar-refractivity contribution in [2.24, 2.45) is 11.8 Å². The van der Waals surface area contributed by atoms with Crippen LogP contribution in [0.3, 0.4) is 0 Å². The monoisotopic (exact) mass is 687 g/mol. The number of aliphatic hydroxyl groups excluding tert-OH is 1. The highest BCUT2D eigenvalue weighted by Gasteiger charge is 2.76. The quantitative estimate of drug-likeness (QED) is 0.113. The van der Waals surface area contributed by atoms with Gasteiger partial charge in [-0.2, -0.15) is 0 Å².